The summed E-state index contributed by atoms with van der Waals surface area (Å²) in [6.07, 6.45) is -3.48. The average molecular weight is 480 g/mol. The number of nitrogens with two attached hydrogens (primary N) is 1. The lowest BCUT2D eigenvalue weighted by Gasteiger charge is -2.10. The first-order valence-electron chi connectivity index (χ1n) is 9.64. The van der Waals surface area contributed by atoms with Crippen molar-refractivity contribution in [2.45, 2.75) is 19.0 Å². The van der Waals surface area contributed by atoms with E-state index in [4.69, 9.17) is 22.4 Å². The lowest BCUT2D eigenvalue weighted by Crippen LogP contribution is -2.14. The van der Waals surface area contributed by atoms with Gasteiger partial charge < -0.3 is 16.2 Å². The van der Waals surface area contributed by atoms with E-state index in [9.17, 15) is 22.8 Å². The maximum absolute atomic E-state index is 12.6. The molecular formula is C23H21ClF3N3O3. The van der Waals surface area contributed by atoms with Crippen molar-refractivity contribution in [1.82, 2.24) is 4.98 Å². The van der Waals surface area contributed by atoms with Crippen LogP contribution in [0.5, 0.6) is 0 Å². The zero-order chi connectivity index (χ0) is 24.6. The molecule has 0 fully saturated rings. The van der Waals surface area contributed by atoms with Gasteiger partial charge in [0.1, 0.15) is 5.15 Å². The number of nitrogens with zero attached hydrogens (tertiary/aromatic N) is 1. The highest BCUT2D eigenvalue weighted by atomic mass is 35.5. The maximum Gasteiger partial charge on any atom is 0.416 e. The summed E-state index contributed by atoms with van der Waals surface area (Å²) in [5.41, 5.74) is 6.72. The summed E-state index contributed by atoms with van der Waals surface area (Å²) in [4.78, 5) is 25.5. The summed E-state index contributed by atoms with van der Waals surface area (Å²) in [6.45, 7) is 0. The average Bonchev–Trinajstić information content (AvgIpc) is 2.78. The Morgan fingerprint density at radius 2 is 1.76 bits per heavy atom. The molecule has 0 aliphatic heterocycles. The van der Waals surface area contributed by atoms with Crippen LogP contribution in [0.25, 0.3) is 0 Å². The number of amides is 1. The summed E-state index contributed by atoms with van der Waals surface area (Å²) in [7, 11) is 1.62. The molecule has 0 saturated carbocycles. The van der Waals surface area contributed by atoms with Gasteiger partial charge in [-0.25, -0.2) is 9.78 Å². The van der Waals surface area contributed by atoms with E-state index in [1.165, 1.54) is 12.1 Å². The second kappa shape index (κ2) is 11.3. The molecule has 4 N–H and O–H groups in total. The van der Waals surface area contributed by atoms with Gasteiger partial charge in [-0.2, -0.15) is 13.2 Å². The summed E-state index contributed by atoms with van der Waals surface area (Å²) in [6, 6.07) is 15.1. The number of aromatic carboxylic acids is 1. The van der Waals surface area contributed by atoms with Gasteiger partial charge in [0.2, 0.25) is 5.91 Å². The molecular weight excluding hydrogens is 459 g/mol. The van der Waals surface area contributed by atoms with Crippen molar-refractivity contribution in [3.63, 3.8) is 0 Å². The van der Waals surface area contributed by atoms with E-state index >= 15 is 0 Å². The van der Waals surface area contributed by atoms with Crippen LogP contribution in [-0.4, -0.2) is 29.0 Å². The number of carbonyl (C=O) groups excluding carboxylic acids is 1. The molecule has 174 valence electrons. The number of nitrogens with one attached hydrogen (secondary N) is 1. The molecule has 1 amide bonds. The summed E-state index contributed by atoms with van der Waals surface area (Å²) < 4.78 is 37.9. The van der Waals surface area contributed by atoms with E-state index in [-0.39, 0.29) is 10.8 Å². The molecule has 1 heterocycles. The second-order valence-corrected chi connectivity index (χ2v) is 7.19. The first-order valence-corrected chi connectivity index (χ1v) is 10.0. The van der Waals surface area contributed by atoms with Crippen molar-refractivity contribution in [2.24, 2.45) is 5.73 Å². The Kier molecular flexibility index (Phi) is 8.81. The minimum atomic E-state index is -4.35. The number of pyridine rings is 1. The monoisotopic (exact) mass is 479 g/mol. The van der Waals surface area contributed by atoms with Gasteiger partial charge in [-0.3, -0.25) is 4.79 Å². The molecule has 0 unspecified atom stereocenters. The van der Waals surface area contributed by atoms with Gasteiger partial charge in [-0.05, 0) is 48.2 Å². The summed E-state index contributed by atoms with van der Waals surface area (Å²) >= 11 is 5.52. The highest BCUT2D eigenvalue weighted by Crippen LogP contribution is 2.29. The normalized spacial score (nSPS) is 10.7. The van der Waals surface area contributed by atoms with E-state index in [0.29, 0.717) is 29.7 Å². The zero-order valence-corrected chi connectivity index (χ0v) is 18.2. The first kappa shape index (κ1) is 25.7. The van der Waals surface area contributed by atoms with Crippen LogP contribution in [-0.2, 0) is 19.0 Å². The predicted molar refractivity (Wildman–Crippen MR) is 120 cm³/mol. The SMILES string of the molecule is CNc1ccc(Cl)nc1C(=O)O.NC(=O)c1ccccc1CCc1cccc(C(F)(F)F)c1. The minimum absolute atomic E-state index is 0.0648. The molecule has 3 rings (SSSR count). The fraction of sp³-hybridized carbons (Fsp3) is 0.174. The molecule has 0 saturated heterocycles. The number of benzene rings is 2. The molecule has 1 aromatic heterocycles. The Morgan fingerprint density at radius 3 is 2.36 bits per heavy atom. The predicted octanol–water partition coefficient (Wildman–Crippen LogP) is 5.06. The number of aryl methyl sites for hydroxylation is 2. The Bertz CT molecular complexity index is 1140. The maximum atomic E-state index is 12.6. The number of hydrogen-bond donors (Lipinski definition) is 3. The number of carboxylic acid groups (broad SMARTS) is 1. The van der Waals surface area contributed by atoms with Gasteiger partial charge in [-0.1, -0.05) is 48.0 Å². The molecule has 0 aliphatic rings. The van der Waals surface area contributed by atoms with E-state index in [2.05, 4.69) is 10.3 Å². The molecule has 2 aromatic carbocycles. The number of aromatic nitrogens is 1. The number of rotatable bonds is 6. The lowest BCUT2D eigenvalue weighted by molar-refractivity contribution is -0.137. The molecule has 0 aliphatic carbocycles. The number of hydrogen-bond acceptors (Lipinski definition) is 4. The van der Waals surface area contributed by atoms with E-state index in [1.54, 1.807) is 43.4 Å². The van der Waals surface area contributed by atoms with Crippen LogP contribution in [0.4, 0.5) is 18.9 Å². The minimum Gasteiger partial charge on any atom is -0.476 e. The van der Waals surface area contributed by atoms with Crippen molar-refractivity contribution in [2.75, 3.05) is 12.4 Å². The number of halogens is 4. The number of carboxylic acids is 1. The van der Waals surface area contributed by atoms with Gasteiger partial charge in [0.25, 0.3) is 0 Å². The van der Waals surface area contributed by atoms with Crippen LogP contribution < -0.4 is 11.1 Å². The highest BCUT2D eigenvalue weighted by Gasteiger charge is 2.30. The highest BCUT2D eigenvalue weighted by molar-refractivity contribution is 6.29. The first-order chi connectivity index (χ1) is 15.5. The third-order valence-electron chi connectivity index (χ3n) is 4.55. The molecule has 10 heteroatoms. The number of anilines is 1. The zero-order valence-electron chi connectivity index (χ0n) is 17.5. The van der Waals surface area contributed by atoms with Crippen molar-refractivity contribution in [1.29, 1.82) is 0 Å². The van der Waals surface area contributed by atoms with Gasteiger partial charge in [0, 0.05) is 12.6 Å². The molecule has 0 spiro atoms. The van der Waals surface area contributed by atoms with E-state index in [0.717, 1.165) is 17.7 Å². The van der Waals surface area contributed by atoms with Gasteiger partial charge >= 0.3 is 12.1 Å². The van der Waals surface area contributed by atoms with Gasteiger partial charge in [0.05, 0.1) is 11.3 Å². The van der Waals surface area contributed by atoms with Crippen LogP contribution in [0.3, 0.4) is 0 Å². The smallest absolute Gasteiger partial charge is 0.416 e. The molecule has 0 atom stereocenters. The Hall–Kier alpha value is -3.59. The van der Waals surface area contributed by atoms with Crippen LogP contribution in [0.1, 0.15) is 37.5 Å². The quantitative estimate of drug-likeness (QED) is 0.428. The molecule has 3 aromatic rings. The molecule has 0 radical (unpaired) electrons. The lowest BCUT2D eigenvalue weighted by atomic mass is 9.98. The standard InChI is InChI=1S/C16H14F3NO.C7H7ClN2O2/c17-16(18,19)13-6-3-4-11(10-13)8-9-12-5-1-2-7-14(12)15(20)21;1-9-4-2-3-5(8)10-6(4)7(11)12/h1-7,10H,8-9H2,(H2,20,21);2-3,9H,1H3,(H,11,12). The Labute approximate surface area is 193 Å². The van der Waals surface area contributed by atoms with Crippen molar-refractivity contribution < 1.29 is 27.9 Å². The largest absolute Gasteiger partial charge is 0.476 e. The van der Waals surface area contributed by atoms with E-state index < -0.39 is 23.6 Å². The topological polar surface area (TPSA) is 105 Å². The number of primary amides is 1. The summed E-state index contributed by atoms with van der Waals surface area (Å²) in [5.74, 6) is -1.63. The Morgan fingerprint density at radius 1 is 1.06 bits per heavy atom. The van der Waals surface area contributed by atoms with Crippen molar-refractivity contribution >= 4 is 29.2 Å². The number of carbonyl (C=O) groups is 2. The van der Waals surface area contributed by atoms with Gasteiger partial charge in [-0.15, -0.1) is 0 Å². The Balaban J connectivity index is 0.000000273. The van der Waals surface area contributed by atoms with Crippen LogP contribution in [0, 0.1) is 0 Å². The molecule has 33 heavy (non-hydrogen) atoms. The van der Waals surface area contributed by atoms with Crippen molar-refractivity contribution in [3.05, 3.63) is 93.8 Å². The second-order valence-electron chi connectivity index (χ2n) is 6.80. The van der Waals surface area contributed by atoms with Crippen LogP contribution >= 0.6 is 11.6 Å². The van der Waals surface area contributed by atoms with Crippen LogP contribution in [0.2, 0.25) is 5.15 Å². The number of alkyl halides is 3. The molecule has 6 nitrogen and oxygen atoms in total. The summed E-state index contributed by atoms with van der Waals surface area (Å²) in [5, 5.41) is 11.5. The van der Waals surface area contributed by atoms with Crippen LogP contribution in [0.15, 0.2) is 60.7 Å². The van der Waals surface area contributed by atoms with Gasteiger partial charge in [0.15, 0.2) is 5.69 Å². The third kappa shape index (κ3) is 7.50. The van der Waals surface area contributed by atoms with E-state index in [1.807, 2.05) is 0 Å². The third-order valence-corrected chi connectivity index (χ3v) is 4.76. The fourth-order valence-electron chi connectivity index (χ4n) is 2.96. The van der Waals surface area contributed by atoms with Crippen molar-refractivity contribution in [3.8, 4) is 0 Å². The fourth-order valence-corrected chi connectivity index (χ4v) is 3.11. The molecule has 0 bridgehead atoms.